The van der Waals surface area contributed by atoms with Crippen LogP contribution in [-0.2, 0) is 9.47 Å². The summed E-state index contributed by atoms with van der Waals surface area (Å²) in [4.78, 5) is 39.2. The van der Waals surface area contributed by atoms with Crippen molar-refractivity contribution in [3.05, 3.63) is 67.9 Å². The number of aliphatic hydroxyl groups excluding tert-OH is 1. The average molecular weight is 453 g/mol. The molecule has 1 aliphatic heterocycles. The molecule has 2 heterocycles. The third-order valence-corrected chi connectivity index (χ3v) is 4.33. The van der Waals surface area contributed by atoms with Gasteiger partial charge >= 0.3 is 11.8 Å². The van der Waals surface area contributed by atoms with Gasteiger partial charge in [-0.1, -0.05) is 34.1 Å². The molecule has 1 saturated heterocycles. The van der Waals surface area contributed by atoms with Gasteiger partial charge in [0, 0.05) is 12.6 Å². The maximum Gasteiger partial charge on any atom is 0.513 e. The second kappa shape index (κ2) is 9.00. The molecule has 1 aromatic heterocycles. The van der Waals surface area contributed by atoms with Gasteiger partial charge in [-0.25, -0.2) is 9.59 Å². The molecule has 9 nitrogen and oxygen atoms in total. The standard InChI is InChI=1S/C18H17BrN2O7/c19-7-6-11-9-21(17(24)20-16(11)23)15-8-13(22)14(28-15)10-26-18(25)27-12-4-2-1-3-5-12/h1-7,9,13-15,22H,8,10H2,(H,20,23,24)/b7-6+/t13-,14+,15+/m0/s1. The monoisotopic (exact) mass is 452 g/mol. The van der Waals surface area contributed by atoms with Crippen molar-refractivity contribution in [2.24, 2.45) is 0 Å². The van der Waals surface area contributed by atoms with E-state index < -0.39 is 35.8 Å². The largest absolute Gasteiger partial charge is 0.513 e. The number of aliphatic hydroxyl groups is 1. The van der Waals surface area contributed by atoms with Crippen LogP contribution in [0.3, 0.4) is 0 Å². The molecule has 1 aliphatic rings. The number of ether oxygens (including phenoxy) is 3. The van der Waals surface area contributed by atoms with E-state index in [4.69, 9.17) is 14.2 Å². The Morgan fingerprint density at radius 1 is 1.36 bits per heavy atom. The van der Waals surface area contributed by atoms with Gasteiger partial charge in [0.05, 0.1) is 11.7 Å². The van der Waals surface area contributed by atoms with Crippen LogP contribution < -0.4 is 16.0 Å². The van der Waals surface area contributed by atoms with Crippen molar-refractivity contribution in [3.63, 3.8) is 0 Å². The zero-order chi connectivity index (χ0) is 20.1. The van der Waals surface area contributed by atoms with Crippen LogP contribution in [-0.4, -0.2) is 39.6 Å². The molecule has 0 aliphatic carbocycles. The molecule has 0 unspecified atom stereocenters. The van der Waals surface area contributed by atoms with Gasteiger partial charge in [-0.05, 0) is 23.2 Å². The van der Waals surface area contributed by atoms with Crippen LogP contribution in [0.5, 0.6) is 5.75 Å². The Morgan fingerprint density at radius 3 is 2.82 bits per heavy atom. The van der Waals surface area contributed by atoms with Crippen molar-refractivity contribution in [2.45, 2.75) is 24.9 Å². The van der Waals surface area contributed by atoms with Gasteiger partial charge in [-0.3, -0.25) is 14.3 Å². The van der Waals surface area contributed by atoms with Crippen LogP contribution >= 0.6 is 15.9 Å². The summed E-state index contributed by atoms with van der Waals surface area (Å²) in [5.74, 6) is 0.324. The summed E-state index contributed by atoms with van der Waals surface area (Å²) in [6.07, 6.45) is -0.669. The lowest BCUT2D eigenvalue weighted by Crippen LogP contribution is -2.33. The number of rotatable bonds is 5. The predicted molar refractivity (Wildman–Crippen MR) is 102 cm³/mol. The Labute approximate surface area is 167 Å². The molecule has 0 spiro atoms. The van der Waals surface area contributed by atoms with Crippen LogP contribution in [0.2, 0.25) is 0 Å². The van der Waals surface area contributed by atoms with Crippen molar-refractivity contribution >= 4 is 28.2 Å². The van der Waals surface area contributed by atoms with Gasteiger partial charge in [-0.2, -0.15) is 0 Å². The molecule has 10 heteroatoms. The lowest BCUT2D eigenvalue weighted by atomic mass is 10.2. The number of nitrogens with one attached hydrogen (secondary N) is 1. The van der Waals surface area contributed by atoms with Crippen molar-refractivity contribution in [1.29, 1.82) is 0 Å². The average Bonchev–Trinajstić information content (AvgIpc) is 3.03. The van der Waals surface area contributed by atoms with E-state index in [1.807, 2.05) is 0 Å². The van der Waals surface area contributed by atoms with E-state index in [9.17, 15) is 19.5 Å². The molecule has 1 aromatic carbocycles. The van der Waals surface area contributed by atoms with Crippen LogP contribution in [0.1, 0.15) is 18.2 Å². The molecule has 0 radical (unpaired) electrons. The van der Waals surface area contributed by atoms with Gasteiger partial charge in [0.15, 0.2) is 0 Å². The zero-order valence-electron chi connectivity index (χ0n) is 14.5. The van der Waals surface area contributed by atoms with E-state index in [0.29, 0.717) is 5.75 Å². The minimum Gasteiger partial charge on any atom is -0.431 e. The molecule has 148 valence electrons. The lowest BCUT2D eigenvalue weighted by Gasteiger charge is -2.16. The molecular weight excluding hydrogens is 436 g/mol. The summed E-state index contributed by atoms with van der Waals surface area (Å²) in [5.41, 5.74) is -0.973. The van der Waals surface area contributed by atoms with Gasteiger partial charge in [0.25, 0.3) is 5.56 Å². The highest BCUT2D eigenvalue weighted by molar-refractivity contribution is 9.11. The van der Waals surface area contributed by atoms with Gasteiger partial charge in [0.1, 0.15) is 24.7 Å². The molecule has 28 heavy (non-hydrogen) atoms. The molecule has 0 bridgehead atoms. The molecule has 2 N–H and O–H groups in total. The normalized spacial score (nSPS) is 21.7. The fraction of sp³-hybridized carbons (Fsp3) is 0.278. The summed E-state index contributed by atoms with van der Waals surface area (Å²) in [5, 5.41) is 10.2. The van der Waals surface area contributed by atoms with Gasteiger partial charge in [0.2, 0.25) is 0 Å². The molecular formula is C18H17BrN2O7. The van der Waals surface area contributed by atoms with Crippen LogP contribution in [0.15, 0.2) is 51.1 Å². The number of carbonyl (C=O) groups excluding carboxylic acids is 1. The van der Waals surface area contributed by atoms with Crippen molar-refractivity contribution in [3.8, 4) is 5.75 Å². The van der Waals surface area contributed by atoms with E-state index in [1.165, 1.54) is 21.8 Å². The second-order valence-corrected chi connectivity index (χ2v) is 6.48. The predicted octanol–water partition coefficient (Wildman–Crippen LogP) is 1.77. The van der Waals surface area contributed by atoms with Crippen LogP contribution in [0.25, 0.3) is 6.08 Å². The second-order valence-electron chi connectivity index (χ2n) is 5.95. The topological polar surface area (TPSA) is 120 Å². The first-order valence-corrected chi connectivity index (χ1v) is 9.25. The summed E-state index contributed by atoms with van der Waals surface area (Å²) in [6, 6.07) is 8.38. The first-order chi connectivity index (χ1) is 13.5. The Bertz CT molecular complexity index is 970. The number of hydrogen-bond donors (Lipinski definition) is 2. The van der Waals surface area contributed by atoms with Gasteiger partial charge in [-0.15, -0.1) is 0 Å². The third kappa shape index (κ3) is 4.77. The molecule has 3 atom stereocenters. The fourth-order valence-electron chi connectivity index (χ4n) is 2.70. The minimum absolute atomic E-state index is 0.0885. The zero-order valence-corrected chi connectivity index (χ0v) is 16.1. The Hall–Kier alpha value is -2.69. The first kappa shape index (κ1) is 20.1. The van der Waals surface area contributed by atoms with E-state index in [-0.39, 0.29) is 18.6 Å². The van der Waals surface area contributed by atoms with E-state index in [0.717, 1.165) is 0 Å². The Kier molecular flexibility index (Phi) is 6.45. The van der Waals surface area contributed by atoms with E-state index >= 15 is 0 Å². The highest BCUT2D eigenvalue weighted by atomic mass is 79.9. The Balaban J connectivity index is 1.63. The lowest BCUT2D eigenvalue weighted by molar-refractivity contribution is -0.0537. The minimum atomic E-state index is -0.969. The Morgan fingerprint density at radius 2 is 2.11 bits per heavy atom. The molecule has 0 saturated carbocycles. The van der Waals surface area contributed by atoms with Crippen molar-refractivity contribution in [1.82, 2.24) is 9.55 Å². The number of H-pyrrole nitrogens is 1. The number of hydrogen-bond acceptors (Lipinski definition) is 7. The quantitative estimate of drug-likeness (QED) is 0.523. The van der Waals surface area contributed by atoms with Crippen molar-refractivity contribution < 1.29 is 24.1 Å². The molecule has 3 rings (SSSR count). The number of nitrogens with zero attached hydrogens (tertiary/aromatic N) is 1. The highest BCUT2D eigenvalue weighted by Gasteiger charge is 2.36. The smallest absolute Gasteiger partial charge is 0.431 e. The van der Waals surface area contributed by atoms with E-state index in [2.05, 4.69) is 20.9 Å². The highest BCUT2D eigenvalue weighted by Crippen LogP contribution is 2.28. The number of benzene rings is 1. The van der Waals surface area contributed by atoms with Crippen LogP contribution in [0.4, 0.5) is 4.79 Å². The van der Waals surface area contributed by atoms with E-state index in [1.54, 1.807) is 30.3 Å². The number of halogens is 1. The molecule has 1 fully saturated rings. The maximum absolute atomic E-state index is 12.1. The summed E-state index contributed by atoms with van der Waals surface area (Å²) < 4.78 is 16.8. The number of carbonyl (C=O) groups is 1. The number of aromatic nitrogens is 2. The molecule has 0 amide bonds. The molecule has 2 aromatic rings. The maximum atomic E-state index is 12.1. The summed E-state index contributed by atoms with van der Waals surface area (Å²) in [6.45, 7) is -0.254. The summed E-state index contributed by atoms with van der Waals surface area (Å²) >= 11 is 3.07. The summed E-state index contributed by atoms with van der Waals surface area (Å²) in [7, 11) is 0. The first-order valence-electron chi connectivity index (χ1n) is 8.33. The third-order valence-electron chi connectivity index (χ3n) is 4.06. The fourth-order valence-corrected chi connectivity index (χ4v) is 2.99. The SMILES string of the molecule is O=C(OC[C@H]1O[C@@H](n2cc(/C=C/Br)c(=O)[nH]c2=O)C[C@@H]1O)Oc1ccccc1. The van der Waals surface area contributed by atoms with Crippen molar-refractivity contribution in [2.75, 3.05) is 6.61 Å². The number of para-hydroxylation sites is 1. The van der Waals surface area contributed by atoms with Gasteiger partial charge < -0.3 is 19.3 Å². The van der Waals surface area contributed by atoms with Crippen LogP contribution in [0, 0.1) is 0 Å². The number of aromatic amines is 1.